The Bertz CT molecular complexity index is 672. The van der Waals surface area contributed by atoms with E-state index < -0.39 is 0 Å². The zero-order valence-electron chi connectivity index (χ0n) is 15.4. The van der Waals surface area contributed by atoms with Crippen LogP contribution in [0.5, 0.6) is 0 Å². The van der Waals surface area contributed by atoms with E-state index in [1.807, 2.05) is 13.0 Å². The van der Waals surface area contributed by atoms with Gasteiger partial charge in [0.05, 0.1) is 0 Å². The van der Waals surface area contributed by atoms with Gasteiger partial charge in [-0.3, -0.25) is 9.59 Å². The van der Waals surface area contributed by atoms with Crippen molar-refractivity contribution in [3.05, 3.63) is 23.8 Å². The molecular formula is C23H30O2. The lowest BCUT2D eigenvalue weighted by Crippen LogP contribution is -2.46. The van der Waals surface area contributed by atoms with Gasteiger partial charge < -0.3 is 0 Å². The summed E-state index contributed by atoms with van der Waals surface area (Å²) in [5.41, 5.74) is 1.31. The van der Waals surface area contributed by atoms with Crippen LogP contribution < -0.4 is 0 Å². The van der Waals surface area contributed by atoms with Gasteiger partial charge in [-0.15, -0.1) is 0 Å². The number of hydrogen-bond donors (Lipinski definition) is 0. The molecule has 0 aromatic heterocycles. The minimum absolute atomic E-state index is 0.0143. The SMILES string of the molecule is CC(=O)C12CCCCC1CC1C3C=CC4=CC(=O)CCC4C3CCC12. The Morgan fingerprint density at radius 2 is 2.00 bits per heavy atom. The highest BCUT2D eigenvalue weighted by atomic mass is 16.1. The molecule has 0 aromatic rings. The molecule has 0 heterocycles. The monoisotopic (exact) mass is 338 g/mol. The zero-order valence-corrected chi connectivity index (χ0v) is 15.4. The average Bonchev–Trinajstić information content (AvgIpc) is 2.97. The van der Waals surface area contributed by atoms with E-state index in [1.54, 1.807) is 0 Å². The van der Waals surface area contributed by atoms with E-state index in [0.717, 1.165) is 25.2 Å². The van der Waals surface area contributed by atoms with Crippen molar-refractivity contribution >= 4 is 11.6 Å². The lowest BCUT2D eigenvalue weighted by molar-refractivity contribution is -0.135. The summed E-state index contributed by atoms with van der Waals surface area (Å²) in [5.74, 6) is 4.75. The Kier molecular flexibility index (Phi) is 3.63. The number of carbonyl (C=O) groups is 2. The lowest BCUT2D eigenvalue weighted by atomic mass is 9.54. The summed E-state index contributed by atoms with van der Waals surface area (Å²) in [4.78, 5) is 24.6. The lowest BCUT2D eigenvalue weighted by Gasteiger charge is -2.50. The van der Waals surface area contributed by atoms with Gasteiger partial charge in [-0.2, -0.15) is 0 Å². The van der Waals surface area contributed by atoms with Crippen LogP contribution in [0.25, 0.3) is 0 Å². The molecule has 0 saturated heterocycles. The molecule has 5 rings (SSSR count). The molecule has 0 aromatic carbocycles. The third-order valence-corrected chi connectivity index (χ3v) is 8.80. The van der Waals surface area contributed by atoms with Crippen molar-refractivity contribution in [3.8, 4) is 0 Å². The van der Waals surface area contributed by atoms with Gasteiger partial charge in [0.2, 0.25) is 0 Å². The van der Waals surface area contributed by atoms with Crippen LogP contribution in [0.1, 0.15) is 64.7 Å². The van der Waals surface area contributed by atoms with Gasteiger partial charge in [0.1, 0.15) is 5.78 Å². The fraction of sp³-hybridized carbons (Fsp3) is 0.739. The summed E-state index contributed by atoms with van der Waals surface area (Å²) in [6.07, 6.45) is 17.2. The van der Waals surface area contributed by atoms with E-state index in [-0.39, 0.29) is 5.41 Å². The van der Waals surface area contributed by atoms with Crippen molar-refractivity contribution in [2.45, 2.75) is 64.7 Å². The smallest absolute Gasteiger partial charge is 0.155 e. The second kappa shape index (κ2) is 5.66. The van der Waals surface area contributed by atoms with Crippen molar-refractivity contribution in [1.29, 1.82) is 0 Å². The highest BCUT2D eigenvalue weighted by Gasteiger charge is 2.61. The number of rotatable bonds is 1. The Hall–Kier alpha value is -1.18. The molecule has 5 aliphatic rings. The molecule has 3 fully saturated rings. The third kappa shape index (κ3) is 2.15. The van der Waals surface area contributed by atoms with Crippen LogP contribution in [0.2, 0.25) is 0 Å². The van der Waals surface area contributed by atoms with Crippen LogP contribution in [0.3, 0.4) is 0 Å². The van der Waals surface area contributed by atoms with Crippen molar-refractivity contribution in [2.24, 2.45) is 40.9 Å². The van der Waals surface area contributed by atoms with Crippen LogP contribution in [-0.4, -0.2) is 11.6 Å². The third-order valence-electron chi connectivity index (χ3n) is 8.80. The summed E-state index contributed by atoms with van der Waals surface area (Å²) in [6.45, 7) is 1.89. The Morgan fingerprint density at radius 3 is 2.84 bits per heavy atom. The first-order valence-electron chi connectivity index (χ1n) is 10.5. The van der Waals surface area contributed by atoms with Crippen molar-refractivity contribution in [1.82, 2.24) is 0 Å². The average molecular weight is 338 g/mol. The van der Waals surface area contributed by atoms with Crippen LogP contribution >= 0.6 is 0 Å². The highest BCUT2D eigenvalue weighted by molar-refractivity contribution is 5.92. The normalized spacial score (nSPS) is 48.0. The molecule has 0 spiro atoms. The molecule has 0 radical (unpaired) electrons. The molecule has 0 aliphatic heterocycles. The molecule has 0 bridgehead atoms. The molecular weight excluding hydrogens is 308 g/mol. The summed E-state index contributed by atoms with van der Waals surface area (Å²) < 4.78 is 0. The van der Waals surface area contributed by atoms with E-state index in [9.17, 15) is 9.59 Å². The number of Topliss-reactive ketones (excluding diaryl/α,β-unsaturated/α-hetero) is 1. The molecule has 5 aliphatic carbocycles. The molecule has 2 nitrogen and oxygen atoms in total. The first-order chi connectivity index (χ1) is 12.1. The van der Waals surface area contributed by atoms with Gasteiger partial charge in [0.25, 0.3) is 0 Å². The van der Waals surface area contributed by atoms with Crippen molar-refractivity contribution < 1.29 is 9.59 Å². The van der Waals surface area contributed by atoms with Crippen LogP contribution in [-0.2, 0) is 9.59 Å². The Morgan fingerprint density at radius 1 is 1.12 bits per heavy atom. The molecule has 7 atom stereocenters. The minimum Gasteiger partial charge on any atom is -0.299 e. The van der Waals surface area contributed by atoms with Gasteiger partial charge in [-0.1, -0.05) is 25.0 Å². The number of hydrogen-bond acceptors (Lipinski definition) is 2. The number of fused-ring (bicyclic) bond motifs is 7. The minimum atomic E-state index is 0.0143. The predicted molar refractivity (Wildman–Crippen MR) is 97.8 cm³/mol. The molecule has 7 unspecified atom stereocenters. The van der Waals surface area contributed by atoms with Crippen molar-refractivity contribution in [3.63, 3.8) is 0 Å². The maximum Gasteiger partial charge on any atom is 0.155 e. The quantitative estimate of drug-likeness (QED) is 0.682. The summed E-state index contributed by atoms with van der Waals surface area (Å²) in [6, 6.07) is 0. The Labute approximate surface area is 151 Å². The number of allylic oxidation sites excluding steroid dienone is 4. The van der Waals surface area contributed by atoms with Crippen LogP contribution in [0.15, 0.2) is 23.8 Å². The van der Waals surface area contributed by atoms with Crippen molar-refractivity contribution in [2.75, 3.05) is 0 Å². The summed E-state index contributed by atoms with van der Waals surface area (Å²) in [5, 5.41) is 0. The first kappa shape index (κ1) is 16.0. The van der Waals surface area contributed by atoms with E-state index >= 15 is 0 Å². The topological polar surface area (TPSA) is 34.1 Å². The van der Waals surface area contributed by atoms with Gasteiger partial charge in [0.15, 0.2) is 5.78 Å². The predicted octanol–water partition coefficient (Wildman–Crippen LogP) is 4.89. The molecule has 0 amide bonds. The molecule has 3 saturated carbocycles. The van der Waals surface area contributed by atoms with Gasteiger partial charge >= 0.3 is 0 Å². The largest absolute Gasteiger partial charge is 0.299 e. The second-order valence-electron chi connectivity index (χ2n) is 9.48. The standard InChI is InChI=1S/C23H30O2/c1-14(24)23-11-3-2-4-16(23)13-21-20-7-5-15-12-17(25)6-8-18(15)19(20)9-10-22(21)23/h5,7,12,16,18-22H,2-4,6,8-11,13H2,1H3. The maximum atomic E-state index is 12.8. The van der Waals surface area contributed by atoms with Gasteiger partial charge in [-0.05, 0) is 92.6 Å². The van der Waals surface area contributed by atoms with Gasteiger partial charge in [-0.25, -0.2) is 0 Å². The van der Waals surface area contributed by atoms with E-state index in [4.69, 9.17) is 0 Å². The molecule has 25 heavy (non-hydrogen) atoms. The zero-order chi connectivity index (χ0) is 17.2. The number of ketones is 2. The second-order valence-corrected chi connectivity index (χ2v) is 9.48. The molecule has 0 N–H and O–H groups in total. The fourth-order valence-corrected chi connectivity index (χ4v) is 7.90. The fourth-order valence-electron chi connectivity index (χ4n) is 7.90. The molecule has 2 heteroatoms. The maximum absolute atomic E-state index is 12.8. The van der Waals surface area contributed by atoms with Crippen LogP contribution in [0, 0.1) is 40.9 Å². The van der Waals surface area contributed by atoms with E-state index in [2.05, 4.69) is 12.2 Å². The van der Waals surface area contributed by atoms with Crippen LogP contribution in [0.4, 0.5) is 0 Å². The first-order valence-corrected chi connectivity index (χ1v) is 10.5. The van der Waals surface area contributed by atoms with E-state index in [0.29, 0.717) is 41.2 Å². The van der Waals surface area contributed by atoms with Gasteiger partial charge in [0, 0.05) is 11.8 Å². The molecule has 134 valence electrons. The van der Waals surface area contributed by atoms with E-state index in [1.165, 1.54) is 44.1 Å². The Balaban J connectivity index is 1.51. The summed E-state index contributed by atoms with van der Waals surface area (Å²) >= 11 is 0. The highest BCUT2D eigenvalue weighted by Crippen LogP contribution is 2.66. The number of carbonyl (C=O) groups excluding carboxylic acids is 2. The summed E-state index contributed by atoms with van der Waals surface area (Å²) in [7, 11) is 0.